The Balaban J connectivity index is 1.89. The molecule has 0 bridgehead atoms. The van der Waals surface area contributed by atoms with E-state index in [0.29, 0.717) is 12.2 Å². The molecule has 0 saturated carbocycles. The van der Waals surface area contributed by atoms with Gasteiger partial charge in [0.05, 0.1) is 16.1 Å². The van der Waals surface area contributed by atoms with Crippen molar-refractivity contribution in [3.63, 3.8) is 0 Å². The van der Waals surface area contributed by atoms with Crippen LogP contribution in [0.1, 0.15) is 11.1 Å². The van der Waals surface area contributed by atoms with E-state index in [1.165, 1.54) is 0 Å². The summed E-state index contributed by atoms with van der Waals surface area (Å²) in [5.74, 6) is 0.779. The Bertz CT molecular complexity index is 836. The minimum absolute atomic E-state index is 0.376. The number of nitrogens with zero attached hydrogens (tertiary/aromatic N) is 1. The maximum atomic E-state index is 9.10. The quantitative estimate of drug-likeness (QED) is 0.669. The molecule has 102 valence electrons. The number of hydrogen-bond acceptors (Lipinski definition) is 2. The molecule has 2 nitrogen and oxygen atoms in total. The number of ether oxygens (including phenoxy) is 1. The van der Waals surface area contributed by atoms with Crippen LogP contribution in [-0.2, 0) is 6.61 Å². The highest BCUT2D eigenvalue weighted by Gasteiger charge is 2.07. The minimum atomic E-state index is 0.376. The van der Waals surface area contributed by atoms with Crippen LogP contribution in [0.25, 0.3) is 10.8 Å². The first kappa shape index (κ1) is 13.7. The van der Waals surface area contributed by atoms with Gasteiger partial charge in [0.15, 0.2) is 0 Å². The molecule has 0 radical (unpaired) electrons. The van der Waals surface area contributed by atoms with E-state index in [4.69, 9.17) is 10.00 Å². The molecular formula is C18H12BrNO. The molecule has 0 saturated heterocycles. The first-order chi connectivity index (χ1) is 10.3. The molecule has 3 aromatic rings. The van der Waals surface area contributed by atoms with E-state index in [1.54, 1.807) is 6.07 Å². The van der Waals surface area contributed by atoms with E-state index in [2.05, 4.69) is 34.1 Å². The third-order valence-electron chi connectivity index (χ3n) is 3.35. The largest absolute Gasteiger partial charge is 0.488 e. The van der Waals surface area contributed by atoms with Crippen LogP contribution in [0.15, 0.2) is 65.1 Å². The van der Waals surface area contributed by atoms with Crippen molar-refractivity contribution >= 4 is 26.7 Å². The van der Waals surface area contributed by atoms with Gasteiger partial charge in [0.1, 0.15) is 12.4 Å². The molecule has 0 aliphatic carbocycles. The highest BCUT2D eigenvalue weighted by Crippen LogP contribution is 2.33. The number of hydrogen-bond donors (Lipinski definition) is 0. The number of fused-ring (bicyclic) bond motifs is 1. The summed E-state index contributed by atoms with van der Waals surface area (Å²) < 4.78 is 6.82. The molecule has 21 heavy (non-hydrogen) atoms. The summed E-state index contributed by atoms with van der Waals surface area (Å²) in [5, 5.41) is 11.4. The lowest BCUT2D eigenvalue weighted by molar-refractivity contribution is 0.304. The smallest absolute Gasteiger partial charge is 0.134 e. The first-order valence-electron chi connectivity index (χ1n) is 6.57. The highest BCUT2D eigenvalue weighted by molar-refractivity contribution is 9.10. The fraction of sp³-hybridized carbons (Fsp3) is 0.0556. The molecule has 0 unspecified atom stereocenters. The van der Waals surface area contributed by atoms with Gasteiger partial charge in [-0.25, -0.2) is 0 Å². The van der Waals surface area contributed by atoms with Gasteiger partial charge >= 0.3 is 0 Å². The molecule has 0 spiro atoms. The van der Waals surface area contributed by atoms with E-state index in [-0.39, 0.29) is 0 Å². The van der Waals surface area contributed by atoms with Gasteiger partial charge < -0.3 is 4.74 Å². The van der Waals surface area contributed by atoms with Gasteiger partial charge in [-0.05, 0) is 38.8 Å². The predicted molar refractivity (Wildman–Crippen MR) is 87.1 cm³/mol. The second kappa shape index (κ2) is 5.99. The lowest BCUT2D eigenvalue weighted by atomic mass is 10.1. The summed E-state index contributed by atoms with van der Waals surface area (Å²) in [7, 11) is 0. The second-order valence-corrected chi connectivity index (χ2v) is 5.45. The first-order valence-corrected chi connectivity index (χ1v) is 7.37. The summed E-state index contributed by atoms with van der Waals surface area (Å²) in [6, 6.07) is 21.8. The second-order valence-electron chi connectivity index (χ2n) is 4.66. The molecule has 3 aromatic carbocycles. The normalized spacial score (nSPS) is 10.3. The summed E-state index contributed by atoms with van der Waals surface area (Å²) in [6.45, 7) is 0.376. The molecule has 0 fully saturated rings. The Morgan fingerprint density at radius 3 is 2.57 bits per heavy atom. The van der Waals surface area contributed by atoms with E-state index >= 15 is 0 Å². The summed E-state index contributed by atoms with van der Waals surface area (Å²) >= 11 is 3.60. The van der Waals surface area contributed by atoms with Crippen molar-refractivity contribution in [2.45, 2.75) is 6.61 Å². The zero-order valence-electron chi connectivity index (χ0n) is 11.2. The van der Waals surface area contributed by atoms with Gasteiger partial charge in [0.2, 0.25) is 0 Å². The zero-order valence-corrected chi connectivity index (χ0v) is 12.8. The van der Waals surface area contributed by atoms with Crippen molar-refractivity contribution in [1.82, 2.24) is 0 Å². The molecule has 3 rings (SSSR count). The molecule has 0 N–H and O–H groups in total. The zero-order chi connectivity index (χ0) is 14.7. The van der Waals surface area contributed by atoms with Crippen LogP contribution >= 0.6 is 15.9 Å². The highest BCUT2D eigenvalue weighted by atomic mass is 79.9. The van der Waals surface area contributed by atoms with Crippen molar-refractivity contribution in [2.75, 3.05) is 0 Å². The van der Waals surface area contributed by atoms with Crippen LogP contribution in [-0.4, -0.2) is 0 Å². The van der Waals surface area contributed by atoms with Crippen molar-refractivity contribution < 1.29 is 4.74 Å². The van der Waals surface area contributed by atoms with Gasteiger partial charge in [-0.15, -0.1) is 0 Å². The number of rotatable bonds is 3. The fourth-order valence-electron chi connectivity index (χ4n) is 2.24. The predicted octanol–water partition coefficient (Wildman–Crippen LogP) is 5.05. The molecule has 0 aliphatic heterocycles. The Morgan fingerprint density at radius 1 is 0.952 bits per heavy atom. The number of nitriles is 1. The van der Waals surface area contributed by atoms with Crippen molar-refractivity contribution in [3.8, 4) is 11.8 Å². The lowest BCUT2D eigenvalue weighted by Crippen LogP contribution is -1.98. The molecule has 0 aliphatic rings. The maximum Gasteiger partial charge on any atom is 0.134 e. The average Bonchev–Trinajstić information content (AvgIpc) is 2.55. The topological polar surface area (TPSA) is 33.0 Å². The van der Waals surface area contributed by atoms with Gasteiger partial charge in [-0.2, -0.15) is 5.26 Å². The lowest BCUT2D eigenvalue weighted by Gasteiger charge is -2.11. The molecule has 3 heteroatoms. The standard InChI is InChI=1S/C18H12BrNO/c19-18-16-8-4-3-5-13(16)9-10-17(18)21-12-15-7-2-1-6-14(15)11-20/h1-10H,12H2. The molecule has 0 heterocycles. The van der Waals surface area contributed by atoms with E-state index in [9.17, 15) is 0 Å². The summed E-state index contributed by atoms with van der Waals surface area (Å²) in [4.78, 5) is 0. The monoisotopic (exact) mass is 337 g/mol. The van der Waals surface area contributed by atoms with Crippen molar-refractivity contribution in [2.24, 2.45) is 0 Å². The number of halogens is 1. The number of benzene rings is 3. The Morgan fingerprint density at radius 2 is 1.71 bits per heavy atom. The van der Waals surface area contributed by atoms with Crippen LogP contribution < -0.4 is 4.74 Å². The van der Waals surface area contributed by atoms with Gasteiger partial charge in [0, 0.05) is 5.56 Å². The Labute approximate surface area is 131 Å². The van der Waals surface area contributed by atoms with Crippen molar-refractivity contribution in [3.05, 3.63) is 76.3 Å². The van der Waals surface area contributed by atoms with Crippen LogP contribution in [0, 0.1) is 11.3 Å². The molecule has 0 atom stereocenters. The van der Waals surface area contributed by atoms with E-state index < -0.39 is 0 Å². The van der Waals surface area contributed by atoms with E-state index in [0.717, 1.165) is 26.6 Å². The molecular weight excluding hydrogens is 326 g/mol. The van der Waals surface area contributed by atoms with Crippen LogP contribution in [0.2, 0.25) is 0 Å². The summed E-state index contributed by atoms with van der Waals surface area (Å²) in [6.07, 6.45) is 0. The SMILES string of the molecule is N#Cc1ccccc1COc1ccc2ccccc2c1Br. The van der Waals surface area contributed by atoms with Crippen LogP contribution in [0.3, 0.4) is 0 Å². The minimum Gasteiger partial charge on any atom is -0.488 e. The van der Waals surface area contributed by atoms with Crippen LogP contribution in [0.5, 0.6) is 5.75 Å². The van der Waals surface area contributed by atoms with Gasteiger partial charge in [-0.3, -0.25) is 0 Å². The fourth-order valence-corrected chi connectivity index (χ4v) is 2.84. The molecule has 0 aromatic heterocycles. The Kier molecular flexibility index (Phi) is 3.89. The van der Waals surface area contributed by atoms with Crippen LogP contribution in [0.4, 0.5) is 0 Å². The van der Waals surface area contributed by atoms with Gasteiger partial charge in [-0.1, -0.05) is 48.5 Å². The third-order valence-corrected chi connectivity index (χ3v) is 4.17. The van der Waals surface area contributed by atoms with Gasteiger partial charge in [0.25, 0.3) is 0 Å². The Hall–Kier alpha value is -2.31. The summed E-state index contributed by atoms with van der Waals surface area (Å²) in [5.41, 5.74) is 1.54. The molecule has 0 amide bonds. The van der Waals surface area contributed by atoms with E-state index in [1.807, 2.05) is 42.5 Å². The average molecular weight is 338 g/mol. The third kappa shape index (κ3) is 2.76. The maximum absolute atomic E-state index is 9.10. The van der Waals surface area contributed by atoms with Crippen molar-refractivity contribution in [1.29, 1.82) is 5.26 Å².